The fourth-order valence-electron chi connectivity index (χ4n) is 3.95. The molecule has 1 amide bonds. The van der Waals surface area contributed by atoms with E-state index in [9.17, 15) is 4.79 Å². The van der Waals surface area contributed by atoms with Gasteiger partial charge in [-0.2, -0.15) is 0 Å². The Morgan fingerprint density at radius 2 is 1.94 bits per heavy atom. The van der Waals surface area contributed by atoms with Gasteiger partial charge >= 0.3 is 0 Å². The van der Waals surface area contributed by atoms with Gasteiger partial charge in [0.15, 0.2) is 5.82 Å². The number of pyridine rings is 2. The maximum atomic E-state index is 13.0. The van der Waals surface area contributed by atoms with Gasteiger partial charge in [-0.05, 0) is 42.7 Å². The van der Waals surface area contributed by atoms with E-state index >= 15 is 0 Å². The van der Waals surface area contributed by atoms with Gasteiger partial charge in [-0.3, -0.25) is 9.78 Å². The largest absolute Gasteiger partial charge is 0.366 e. The quantitative estimate of drug-likeness (QED) is 0.462. The predicted molar refractivity (Wildman–Crippen MR) is 129 cm³/mol. The number of rotatable bonds is 6. The van der Waals surface area contributed by atoms with Crippen LogP contribution in [0.4, 0.5) is 11.5 Å². The summed E-state index contributed by atoms with van der Waals surface area (Å²) < 4.78 is 2.04. The van der Waals surface area contributed by atoms with E-state index in [1.165, 1.54) is 0 Å². The Bertz CT molecular complexity index is 1380. The van der Waals surface area contributed by atoms with Crippen LogP contribution in [0.1, 0.15) is 34.9 Å². The van der Waals surface area contributed by atoms with Gasteiger partial charge in [0.1, 0.15) is 23.5 Å². The fourth-order valence-corrected chi connectivity index (χ4v) is 3.95. The number of carbonyl (C=O) groups excluding carboxylic acids is 1. The minimum atomic E-state index is -0.324. The Morgan fingerprint density at radius 1 is 1.06 bits per heavy atom. The minimum Gasteiger partial charge on any atom is -0.366 e. The molecule has 168 valence electrons. The van der Waals surface area contributed by atoms with Gasteiger partial charge in [-0.25, -0.2) is 4.98 Å². The van der Waals surface area contributed by atoms with Crippen LogP contribution >= 0.6 is 0 Å². The van der Waals surface area contributed by atoms with Gasteiger partial charge < -0.3 is 20.1 Å². The lowest BCUT2D eigenvalue weighted by Crippen LogP contribution is -2.21. The summed E-state index contributed by atoms with van der Waals surface area (Å²) in [6.07, 6.45) is 7.66. The van der Waals surface area contributed by atoms with Crippen LogP contribution in [0, 0.1) is 0 Å². The molecule has 0 saturated heterocycles. The van der Waals surface area contributed by atoms with Gasteiger partial charge in [0, 0.05) is 24.1 Å². The first-order valence-electron chi connectivity index (χ1n) is 11.2. The summed E-state index contributed by atoms with van der Waals surface area (Å²) in [4.78, 5) is 23.8. The average molecular weight is 451 g/mol. The summed E-state index contributed by atoms with van der Waals surface area (Å²) in [6.45, 7) is 0.612. The molecule has 9 heteroatoms. The van der Waals surface area contributed by atoms with Crippen molar-refractivity contribution in [3.05, 3.63) is 90.6 Å². The monoisotopic (exact) mass is 450 g/mol. The highest BCUT2D eigenvalue weighted by Crippen LogP contribution is 2.37. The number of benzene rings is 1. The van der Waals surface area contributed by atoms with E-state index < -0.39 is 0 Å². The molecule has 2 N–H and O–H groups in total. The molecule has 6 rings (SSSR count). The number of nitrogens with one attached hydrogen (secondary N) is 2. The van der Waals surface area contributed by atoms with Gasteiger partial charge in [-0.15, -0.1) is 10.2 Å². The summed E-state index contributed by atoms with van der Waals surface area (Å²) in [5.74, 6) is 0.824. The molecule has 1 aromatic carbocycles. The van der Waals surface area contributed by atoms with Crippen molar-refractivity contribution in [1.29, 1.82) is 0 Å². The van der Waals surface area contributed by atoms with E-state index in [0.29, 0.717) is 35.7 Å². The molecule has 1 aliphatic heterocycles. The second-order valence-corrected chi connectivity index (χ2v) is 8.27. The van der Waals surface area contributed by atoms with Crippen molar-refractivity contribution in [3.63, 3.8) is 0 Å². The second kappa shape index (κ2) is 8.43. The van der Waals surface area contributed by atoms with Crippen molar-refractivity contribution < 1.29 is 4.79 Å². The maximum Gasteiger partial charge on any atom is 0.275 e. The lowest BCUT2D eigenvalue weighted by molar-refractivity contribution is 0.102. The molecule has 34 heavy (non-hydrogen) atoms. The van der Waals surface area contributed by atoms with Crippen molar-refractivity contribution in [2.75, 3.05) is 16.9 Å². The first-order valence-corrected chi connectivity index (χ1v) is 11.2. The van der Waals surface area contributed by atoms with Crippen LogP contribution in [0.5, 0.6) is 0 Å². The molecular formula is C25H22N8O. The number of carbonyl (C=O) groups is 1. The zero-order chi connectivity index (χ0) is 22.9. The molecule has 4 heterocycles. The van der Waals surface area contributed by atoms with E-state index in [4.69, 9.17) is 0 Å². The Morgan fingerprint density at radius 3 is 2.79 bits per heavy atom. The van der Waals surface area contributed by atoms with Crippen LogP contribution in [0.2, 0.25) is 0 Å². The van der Waals surface area contributed by atoms with Crippen LogP contribution in [0.3, 0.4) is 0 Å². The Hall–Kier alpha value is -4.53. The summed E-state index contributed by atoms with van der Waals surface area (Å²) in [7, 11) is 0. The summed E-state index contributed by atoms with van der Waals surface area (Å²) >= 11 is 0. The zero-order valence-corrected chi connectivity index (χ0v) is 18.3. The lowest BCUT2D eigenvalue weighted by atomic mass is 10.2. The summed E-state index contributed by atoms with van der Waals surface area (Å²) in [5.41, 5.74) is 4.00. The number of anilines is 2. The molecule has 4 aromatic rings. The van der Waals surface area contributed by atoms with E-state index in [-0.39, 0.29) is 5.91 Å². The van der Waals surface area contributed by atoms with Crippen molar-refractivity contribution in [1.82, 2.24) is 30.0 Å². The first kappa shape index (κ1) is 20.1. The number of amides is 1. The van der Waals surface area contributed by atoms with Crippen LogP contribution in [-0.2, 0) is 0 Å². The molecule has 0 spiro atoms. The van der Waals surface area contributed by atoms with E-state index in [1.807, 2.05) is 52.1 Å². The molecule has 0 radical (unpaired) electrons. The molecular weight excluding hydrogens is 428 g/mol. The van der Waals surface area contributed by atoms with Crippen molar-refractivity contribution in [2.45, 2.75) is 18.9 Å². The van der Waals surface area contributed by atoms with Gasteiger partial charge in [0.25, 0.3) is 5.91 Å². The Balaban J connectivity index is 1.19. The van der Waals surface area contributed by atoms with Crippen LogP contribution in [-0.4, -0.2) is 37.3 Å². The molecule has 1 saturated carbocycles. The fraction of sp³-hybridized carbons (Fsp3) is 0.160. The van der Waals surface area contributed by atoms with E-state index in [1.54, 1.807) is 24.7 Å². The topological polar surface area (TPSA) is 101 Å². The van der Waals surface area contributed by atoms with Gasteiger partial charge in [0.05, 0.1) is 12.4 Å². The highest BCUT2D eigenvalue weighted by molar-refractivity contribution is 6.03. The first-order chi connectivity index (χ1) is 16.7. The highest BCUT2D eigenvalue weighted by atomic mass is 16.1. The second-order valence-electron chi connectivity index (χ2n) is 8.27. The molecule has 2 aliphatic rings. The predicted octanol–water partition coefficient (Wildman–Crippen LogP) is 3.69. The van der Waals surface area contributed by atoms with E-state index in [2.05, 4.69) is 42.9 Å². The number of hydrogen-bond acceptors (Lipinski definition) is 7. The third kappa shape index (κ3) is 3.99. The highest BCUT2D eigenvalue weighted by Gasteiger charge is 2.27. The molecule has 3 aromatic heterocycles. The SMILES string of the molecule is O=C(Nc1cccc(-c2nncn2C2CC2)n1)c1cc(N2C=C(c3ccccc3)NC2)ccn1. The van der Waals surface area contributed by atoms with Crippen LogP contribution in [0.15, 0.2) is 79.4 Å². The normalized spacial score (nSPS) is 15.1. The third-order valence-electron chi connectivity index (χ3n) is 5.85. The van der Waals surface area contributed by atoms with Crippen LogP contribution in [0.25, 0.3) is 17.2 Å². The number of nitrogens with zero attached hydrogens (tertiary/aromatic N) is 6. The molecule has 0 atom stereocenters. The minimum absolute atomic E-state index is 0.312. The summed E-state index contributed by atoms with van der Waals surface area (Å²) in [6, 6.07) is 19.7. The maximum absolute atomic E-state index is 13.0. The molecule has 9 nitrogen and oxygen atoms in total. The van der Waals surface area contributed by atoms with Gasteiger partial charge in [0.2, 0.25) is 0 Å². The van der Waals surface area contributed by atoms with Crippen molar-refractivity contribution >= 4 is 23.1 Å². The van der Waals surface area contributed by atoms with Crippen molar-refractivity contribution in [2.24, 2.45) is 0 Å². The van der Waals surface area contributed by atoms with Crippen molar-refractivity contribution in [3.8, 4) is 11.5 Å². The average Bonchev–Trinajstić information content (AvgIpc) is 3.40. The summed E-state index contributed by atoms with van der Waals surface area (Å²) in [5, 5.41) is 14.5. The Labute approximate surface area is 196 Å². The lowest BCUT2D eigenvalue weighted by Gasteiger charge is -2.15. The Kier molecular flexibility index (Phi) is 4.99. The molecule has 0 unspecified atom stereocenters. The van der Waals surface area contributed by atoms with Crippen LogP contribution < -0.4 is 15.5 Å². The number of hydrogen-bond donors (Lipinski definition) is 2. The molecule has 1 aliphatic carbocycles. The number of aromatic nitrogens is 5. The molecule has 1 fully saturated rings. The van der Waals surface area contributed by atoms with Gasteiger partial charge in [-0.1, -0.05) is 36.4 Å². The third-order valence-corrected chi connectivity index (χ3v) is 5.85. The molecule has 0 bridgehead atoms. The zero-order valence-electron chi connectivity index (χ0n) is 18.3. The standard InChI is InChI=1S/C25H22N8O/c34-25(30-23-8-4-7-20(29-23)24-31-28-16-33(24)18-9-10-18)21-13-19(11-12-26-21)32-14-22(27-15-32)17-5-2-1-3-6-17/h1-8,11-14,16,18,27H,9-10,15H2,(H,29,30,34). The van der Waals surface area contributed by atoms with E-state index in [0.717, 1.165) is 29.8 Å². The smallest absolute Gasteiger partial charge is 0.275 e.